The normalized spacial score (nSPS) is 18.0. The van der Waals surface area contributed by atoms with E-state index >= 15 is 0 Å². The Bertz CT molecular complexity index is 524. The maximum Gasteiger partial charge on any atom is 0.246 e. The van der Waals surface area contributed by atoms with Crippen molar-refractivity contribution in [3.63, 3.8) is 0 Å². The van der Waals surface area contributed by atoms with Crippen LogP contribution < -0.4 is 10.2 Å². The number of hydrogen-bond donors (Lipinski definition) is 1. The van der Waals surface area contributed by atoms with E-state index in [4.69, 9.17) is 4.74 Å². The first kappa shape index (κ1) is 12.5. The molecule has 5 heteroatoms. The molecule has 0 aromatic heterocycles. The molecule has 1 aromatic carbocycles. The highest BCUT2D eigenvalue weighted by molar-refractivity contribution is 6.06. The lowest BCUT2D eigenvalue weighted by atomic mass is 9.83. The number of nitrogens with one attached hydrogen (secondary N) is 1. The van der Waals surface area contributed by atoms with E-state index in [0.717, 1.165) is 11.3 Å². The quantitative estimate of drug-likeness (QED) is 0.873. The van der Waals surface area contributed by atoms with Gasteiger partial charge in [0.1, 0.15) is 0 Å². The molecular formula is C13H15FN2O2. The predicted octanol–water partition coefficient (Wildman–Crippen LogP) is 2.08. The number of halogens is 1. The van der Waals surface area contributed by atoms with Gasteiger partial charge >= 0.3 is 0 Å². The monoisotopic (exact) mass is 250 g/mol. The van der Waals surface area contributed by atoms with Crippen LogP contribution in [0.25, 0.3) is 0 Å². The zero-order valence-electron chi connectivity index (χ0n) is 10.6. The smallest absolute Gasteiger partial charge is 0.246 e. The van der Waals surface area contributed by atoms with Gasteiger partial charge in [-0.05, 0) is 18.2 Å². The fourth-order valence-electron chi connectivity index (χ4n) is 1.81. The molecule has 2 rings (SSSR count). The molecule has 18 heavy (non-hydrogen) atoms. The Morgan fingerprint density at radius 3 is 2.78 bits per heavy atom. The zero-order chi connectivity index (χ0) is 13.3. The van der Waals surface area contributed by atoms with E-state index in [0.29, 0.717) is 6.42 Å². The molecule has 0 aliphatic carbocycles. The fraction of sp³-hybridized carbons (Fsp3) is 0.385. The number of rotatable bonds is 2. The molecule has 1 aromatic rings. The summed E-state index contributed by atoms with van der Waals surface area (Å²) in [5.74, 6) is -0.355. The minimum absolute atomic E-state index is 0.111. The average molecular weight is 250 g/mol. The number of carbonyl (C=O) groups excluding carboxylic acids is 1. The van der Waals surface area contributed by atoms with Crippen molar-refractivity contribution in [1.29, 1.82) is 0 Å². The minimum Gasteiger partial charge on any atom is -0.494 e. The molecule has 96 valence electrons. The topological polar surface area (TPSA) is 50.7 Å². The van der Waals surface area contributed by atoms with Crippen LogP contribution in [0.4, 0.5) is 4.39 Å². The van der Waals surface area contributed by atoms with Gasteiger partial charge in [0.2, 0.25) is 5.91 Å². The van der Waals surface area contributed by atoms with Crippen molar-refractivity contribution < 1.29 is 13.9 Å². The molecule has 0 bridgehead atoms. The maximum absolute atomic E-state index is 13.3. The molecular weight excluding hydrogens is 235 g/mol. The Morgan fingerprint density at radius 2 is 2.17 bits per heavy atom. The van der Waals surface area contributed by atoms with Crippen LogP contribution in [0, 0.1) is 11.2 Å². The molecule has 1 aliphatic rings. The van der Waals surface area contributed by atoms with Crippen LogP contribution in [-0.2, 0) is 4.79 Å². The summed E-state index contributed by atoms with van der Waals surface area (Å²) >= 11 is 0. The summed E-state index contributed by atoms with van der Waals surface area (Å²) in [4.78, 5) is 11.6. The van der Waals surface area contributed by atoms with Crippen LogP contribution in [-0.4, -0.2) is 18.7 Å². The van der Waals surface area contributed by atoms with E-state index in [2.05, 4.69) is 10.5 Å². The van der Waals surface area contributed by atoms with Crippen LogP contribution in [0.15, 0.2) is 23.3 Å². The predicted molar refractivity (Wildman–Crippen MR) is 66.0 cm³/mol. The Labute approximate surface area is 105 Å². The highest BCUT2D eigenvalue weighted by atomic mass is 19.1. The third kappa shape index (κ3) is 2.20. The van der Waals surface area contributed by atoms with E-state index in [9.17, 15) is 9.18 Å². The number of carbonyl (C=O) groups is 1. The van der Waals surface area contributed by atoms with Crippen molar-refractivity contribution in [2.24, 2.45) is 10.5 Å². The van der Waals surface area contributed by atoms with Gasteiger partial charge in [0, 0.05) is 12.0 Å². The molecule has 1 heterocycles. The highest BCUT2D eigenvalue weighted by Crippen LogP contribution is 2.28. The summed E-state index contributed by atoms with van der Waals surface area (Å²) in [6.45, 7) is 3.69. The molecule has 0 atom stereocenters. The summed E-state index contributed by atoms with van der Waals surface area (Å²) in [5.41, 5.74) is 3.44. The number of hydrogen-bond acceptors (Lipinski definition) is 3. The zero-order valence-corrected chi connectivity index (χ0v) is 10.6. The van der Waals surface area contributed by atoms with E-state index in [1.807, 2.05) is 13.8 Å². The molecule has 0 fully saturated rings. The molecule has 1 N–H and O–H groups in total. The second-order valence-corrected chi connectivity index (χ2v) is 4.91. The van der Waals surface area contributed by atoms with Crippen LogP contribution in [0.3, 0.4) is 0 Å². The molecule has 1 aliphatic heterocycles. The first-order chi connectivity index (χ1) is 8.44. The van der Waals surface area contributed by atoms with Crippen molar-refractivity contribution in [2.45, 2.75) is 20.3 Å². The van der Waals surface area contributed by atoms with Crippen molar-refractivity contribution in [1.82, 2.24) is 5.43 Å². The SMILES string of the molecule is COc1cc(C2=NNC(=O)C(C)(C)C2)ccc1F. The largest absolute Gasteiger partial charge is 0.494 e. The van der Waals surface area contributed by atoms with Gasteiger partial charge in [-0.3, -0.25) is 4.79 Å². The van der Waals surface area contributed by atoms with Gasteiger partial charge < -0.3 is 4.74 Å². The van der Waals surface area contributed by atoms with Gasteiger partial charge in [-0.25, -0.2) is 9.82 Å². The van der Waals surface area contributed by atoms with Gasteiger partial charge in [0.25, 0.3) is 0 Å². The minimum atomic E-state index is -0.515. The maximum atomic E-state index is 13.3. The van der Waals surface area contributed by atoms with Gasteiger partial charge in [-0.1, -0.05) is 13.8 Å². The number of nitrogens with zero attached hydrogens (tertiary/aromatic N) is 1. The summed E-state index contributed by atoms with van der Waals surface area (Å²) in [6.07, 6.45) is 0.508. The van der Waals surface area contributed by atoms with Crippen molar-refractivity contribution in [3.8, 4) is 5.75 Å². The molecule has 0 spiro atoms. The molecule has 1 amide bonds. The van der Waals surface area contributed by atoms with E-state index in [1.54, 1.807) is 12.1 Å². The lowest BCUT2D eigenvalue weighted by Crippen LogP contribution is -2.40. The summed E-state index contributed by atoms with van der Waals surface area (Å²) < 4.78 is 18.2. The van der Waals surface area contributed by atoms with Crippen LogP contribution in [0.2, 0.25) is 0 Å². The third-order valence-electron chi connectivity index (χ3n) is 3.00. The molecule has 0 unspecified atom stereocenters. The third-order valence-corrected chi connectivity index (χ3v) is 3.00. The van der Waals surface area contributed by atoms with Crippen molar-refractivity contribution in [2.75, 3.05) is 7.11 Å². The van der Waals surface area contributed by atoms with Gasteiger partial charge in [0.05, 0.1) is 18.2 Å². The molecule has 0 radical (unpaired) electrons. The van der Waals surface area contributed by atoms with E-state index in [-0.39, 0.29) is 11.7 Å². The number of benzene rings is 1. The number of amides is 1. The Hall–Kier alpha value is -1.91. The number of hydrazone groups is 1. The molecule has 0 saturated carbocycles. The average Bonchev–Trinajstić information content (AvgIpc) is 2.33. The van der Waals surface area contributed by atoms with Gasteiger partial charge in [0.15, 0.2) is 11.6 Å². The lowest BCUT2D eigenvalue weighted by Gasteiger charge is -2.27. The second kappa shape index (κ2) is 4.40. The van der Waals surface area contributed by atoms with E-state index < -0.39 is 11.2 Å². The Balaban J connectivity index is 2.36. The standard InChI is InChI=1S/C13H15FN2O2/c1-13(2)7-10(15-16-12(13)17)8-4-5-9(14)11(6-8)18-3/h4-6H,7H2,1-3H3,(H,16,17). The summed E-state index contributed by atoms with van der Waals surface area (Å²) in [6, 6.07) is 4.55. The lowest BCUT2D eigenvalue weighted by molar-refractivity contribution is -0.129. The molecule has 0 saturated heterocycles. The van der Waals surface area contributed by atoms with Crippen LogP contribution >= 0.6 is 0 Å². The Morgan fingerprint density at radius 1 is 1.44 bits per heavy atom. The Kier molecular flexibility index (Phi) is 3.07. The van der Waals surface area contributed by atoms with Crippen molar-refractivity contribution >= 4 is 11.6 Å². The number of ether oxygens (including phenoxy) is 1. The second-order valence-electron chi connectivity index (χ2n) is 4.91. The van der Waals surface area contributed by atoms with Crippen LogP contribution in [0.1, 0.15) is 25.8 Å². The van der Waals surface area contributed by atoms with Crippen LogP contribution in [0.5, 0.6) is 5.75 Å². The van der Waals surface area contributed by atoms with Gasteiger partial charge in [-0.15, -0.1) is 0 Å². The van der Waals surface area contributed by atoms with E-state index in [1.165, 1.54) is 13.2 Å². The highest BCUT2D eigenvalue weighted by Gasteiger charge is 2.33. The summed E-state index contributed by atoms with van der Waals surface area (Å²) in [5, 5.41) is 4.02. The van der Waals surface area contributed by atoms with Gasteiger partial charge in [-0.2, -0.15) is 5.10 Å². The first-order valence-corrected chi connectivity index (χ1v) is 5.65. The number of methoxy groups -OCH3 is 1. The summed E-state index contributed by atoms with van der Waals surface area (Å²) in [7, 11) is 1.41. The van der Waals surface area contributed by atoms with Crippen molar-refractivity contribution in [3.05, 3.63) is 29.6 Å². The first-order valence-electron chi connectivity index (χ1n) is 5.65. The fourth-order valence-corrected chi connectivity index (χ4v) is 1.81. The molecule has 4 nitrogen and oxygen atoms in total.